The molecule has 0 atom stereocenters. The molecular formula is C26H23N3O5. The Labute approximate surface area is 197 Å². The first-order valence-electron chi connectivity index (χ1n) is 10.4. The van der Waals surface area contributed by atoms with Gasteiger partial charge < -0.3 is 24.3 Å². The van der Waals surface area contributed by atoms with Crippen LogP contribution in [-0.2, 0) is 0 Å². The Morgan fingerprint density at radius 3 is 2.03 bits per heavy atom. The first-order chi connectivity index (χ1) is 16.6. The van der Waals surface area contributed by atoms with Crippen LogP contribution in [0.4, 0.5) is 5.69 Å². The van der Waals surface area contributed by atoms with Gasteiger partial charge in [-0.25, -0.2) is 0 Å². The molecule has 1 aromatic heterocycles. The highest BCUT2D eigenvalue weighted by Crippen LogP contribution is 2.31. The zero-order valence-electron chi connectivity index (χ0n) is 18.9. The number of rotatable bonds is 8. The summed E-state index contributed by atoms with van der Waals surface area (Å²) in [5.41, 5.74) is 2.57. The number of nitrogens with zero attached hydrogens (tertiary/aromatic N) is 2. The lowest BCUT2D eigenvalue weighted by Crippen LogP contribution is -2.11. The molecule has 4 aromatic rings. The number of aromatic nitrogens is 2. The van der Waals surface area contributed by atoms with Crippen molar-refractivity contribution in [1.29, 1.82) is 0 Å². The van der Waals surface area contributed by atoms with E-state index in [-0.39, 0.29) is 5.91 Å². The van der Waals surface area contributed by atoms with Gasteiger partial charge in [0.2, 0.25) is 5.88 Å². The lowest BCUT2D eigenvalue weighted by Gasteiger charge is -2.11. The van der Waals surface area contributed by atoms with Crippen LogP contribution < -0.4 is 24.3 Å². The number of benzene rings is 3. The number of hydrogen-bond donors (Lipinski definition) is 1. The standard InChI is InChI=1S/C26H23N3O5/c1-31-21-6-4-5-7-23(21)34-25-15-13-20(28-29-25)17-8-10-18(11-9-17)26(30)27-19-12-14-22(32-2)24(16-19)33-3/h4-16H,1-3H3,(H,27,30). The van der Waals surface area contributed by atoms with Crippen LogP contribution in [0.2, 0.25) is 0 Å². The molecule has 1 amide bonds. The molecule has 0 aliphatic carbocycles. The van der Waals surface area contributed by atoms with Gasteiger partial charge >= 0.3 is 0 Å². The number of carbonyl (C=O) groups is 1. The fourth-order valence-electron chi connectivity index (χ4n) is 3.25. The van der Waals surface area contributed by atoms with Crippen LogP contribution in [0.1, 0.15) is 10.4 Å². The third-order valence-electron chi connectivity index (χ3n) is 5.01. The first kappa shape index (κ1) is 22.6. The van der Waals surface area contributed by atoms with E-state index >= 15 is 0 Å². The molecule has 8 nitrogen and oxygen atoms in total. The Morgan fingerprint density at radius 1 is 0.706 bits per heavy atom. The van der Waals surface area contributed by atoms with Crippen LogP contribution in [-0.4, -0.2) is 37.4 Å². The van der Waals surface area contributed by atoms with E-state index in [0.717, 1.165) is 5.56 Å². The van der Waals surface area contributed by atoms with Crippen LogP contribution in [0, 0.1) is 0 Å². The van der Waals surface area contributed by atoms with Gasteiger partial charge in [-0.3, -0.25) is 4.79 Å². The minimum absolute atomic E-state index is 0.245. The summed E-state index contributed by atoms with van der Waals surface area (Å²) >= 11 is 0. The first-order valence-corrected chi connectivity index (χ1v) is 10.4. The predicted octanol–water partition coefficient (Wildman–Crippen LogP) is 5.21. The van der Waals surface area contributed by atoms with Gasteiger partial charge in [-0.05, 0) is 42.5 Å². The Hall–Kier alpha value is -4.59. The molecule has 172 valence electrons. The van der Waals surface area contributed by atoms with Crippen molar-refractivity contribution in [2.75, 3.05) is 26.6 Å². The summed E-state index contributed by atoms with van der Waals surface area (Å²) in [6, 6.07) is 23.1. The van der Waals surface area contributed by atoms with E-state index in [4.69, 9.17) is 18.9 Å². The van der Waals surface area contributed by atoms with Crippen LogP contribution in [0.5, 0.6) is 28.9 Å². The fraction of sp³-hybridized carbons (Fsp3) is 0.115. The van der Waals surface area contributed by atoms with E-state index in [0.29, 0.717) is 45.8 Å². The number of methoxy groups -OCH3 is 3. The summed E-state index contributed by atoms with van der Waals surface area (Å²) < 4.78 is 21.5. The molecule has 0 saturated carbocycles. The molecule has 3 aromatic carbocycles. The number of ether oxygens (including phenoxy) is 4. The number of nitrogens with one attached hydrogen (secondary N) is 1. The summed E-state index contributed by atoms with van der Waals surface area (Å²) in [6.45, 7) is 0. The van der Waals surface area contributed by atoms with Crippen molar-refractivity contribution in [3.63, 3.8) is 0 Å². The monoisotopic (exact) mass is 457 g/mol. The maximum absolute atomic E-state index is 12.6. The van der Waals surface area contributed by atoms with E-state index in [1.54, 1.807) is 75.9 Å². The molecule has 0 unspecified atom stereocenters. The van der Waals surface area contributed by atoms with Crippen LogP contribution in [0.25, 0.3) is 11.3 Å². The molecule has 0 aliphatic rings. The minimum atomic E-state index is -0.245. The molecule has 0 radical (unpaired) electrons. The lowest BCUT2D eigenvalue weighted by molar-refractivity contribution is 0.102. The van der Waals surface area contributed by atoms with E-state index < -0.39 is 0 Å². The summed E-state index contributed by atoms with van der Waals surface area (Å²) in [7, 11) is 4.68. The molecule has 8 heteroatoms. The van der Waals surface area contributed by atoms with Crippen molar-refractivity contribution in [2.24, 2.45) is 0 Å². The number of hydrogen-bond acceptors (Lipinski definition) is 7. The molecule has 4 rings (SSSR count). The summed E-state index contributed by atoms with van der Waals surface area (Å²) in [5, 5.41) is 11.2. The van der Waals surface area contributed by atoms with Gasteiger partial charge in [-0.1, -0.05) is 24.3 Å². The zero-order valence-corrected chi connectivity index (χ0v) is 18.9. The van der Waals surface area contributed by atoms with Crippen molar-refractivity contribution >= 4 is 11.6 Å². The predicted molar refractivity (Wildman–Crippen MR) is 128 cm³/mol. The Kier molecular flexibility index (Phi) is 6.88. The highest BCUT2D eigenvalue weighted by molar-refractivity contribution is 6.04. The average Bonchev–Trinajstić information content (AvgIpc) is 2.89. The Morgan fingerprint density at radius 2 is 1.38 bits per heavy atom. The molecule has 0 spiro atoms. The second kappa shape index (κ2) is 10.4. The third kappa shape index (κ3) is 5.07. The minimum Gasteiger partial charge on any atom is -0.493 e. The average molecular weight is 457 g/mol. The Bertz CT molecular complexity index is 1270. The summed E-state index contributed by atoms with van der Waals surface area (Å²) in [6.07, 6.45) is 0. The smallest absolute Gasteiger partial charge is 0.255 e. The number of amides is 1. The third-order valence-corrected chi connectivity index (χ3v) is 5.01. The van der Waals surface area contributed by atoms with Crippen LogP contribution >= 0.6 is 0 Å². The van der Waals surface area contributed by atoms with Crippen molar-refractivity contribution in [3.8, 4) is 40.1 Å². The van der Waals surface area contributed by atoms with Crippen LogP contribution in [0.3, 0.4) is 0 Å². The number of anilines is 1. The molecule has 34 heavy (non-hydrogen) atoms. The van der Waals surface area contributed by atoms with E-state index in [9.17, 15) is 4.79 Å². The maximum Gasteiger partial charge on any atom is 0.255 e. The van der Waals surface area contributed by atoms with E-state index in [1.807, 2.05) is 24.3 Å². The maximum atomic E-state index is 12.6. The highest BCUT2D eigenvalue weighted by Gasteiger charge is 2.11. The van der Waals surface area contributed by atoms with Gasteiger partial charge in [0, 0.05) is 28.9 Å². The fourth-order valence-corrected chi connectivity index (χ4v) is 3.25. The highest BCUT2D eigenvalue weighted by atomic mass is 16.5. The molecule has 0 saturated heterocycles. The SMILES string of the molecule is COc1ccc(NC(=O)c2ccc(-c3ccc(Oc4ccccc4OC)nn3)cc2)cc1OC. The summed E-state index contributed by atoms with van der Waals surface area (Å²) in [5.74, 6) is 2.38. The van der Waals surface area contributed by atoms with Crippen molar-refractivity contribution < 1.29 is 23.7 Å². The summed E-state index contributed by atoms with van der Waals surface area (Å²) in [4.78, 5) is 12.6. The van der Waals surface area contributed by atoms with E-state index in [2.05, 4.69) is 15.5 Å². The second-order valence-corrected chi connectivity index (χ2v) is 7.11. The van der Waals surface area contributed by atoms with Gasteiger partial charge in [0.15, 0.2) is 23.0 Å². The number of para-hydroxylation sites is 2. The number of carbonyl (C=O) groups excluding carboxylic acids is 1. The van der Waals surface area contributed by atoms with Gasteiger partial charge in [0.25, 0.3) is 5.91 Å². The normalized spacial score (nSPS) is 10.3. The van der Waals surface area contributed by atoms with Crippen molar-refractivity contribution in [2.45, 2.75) is 0 Å². The van der Waals surface area contributed by atoms with Crippen molar-refractivity contribution in [1.82, 2.24) is 10.2 Å². The van der Waals surface area contributed by atoms with E-state index in [1.165, 1.54) is 0 Å². The second-order valence-electron chi connectivity index (χ2n) is 7.11. The molecular weight excluding hydrogens is 434 g/mol. The van der Waals surface area contributed by atoms with Gasteiger partial charge in [-0.15, -0.1) is 10.2 Å². The van der Waals surface area contributed by atoms with Crippen molar-refractivity contribution in [3.05, 3.63) is 84.4 Å². The molecule has 0 bridgehead atoms. The molecule has 1 N–H and O–H groups in total. The molecule has 0 fully saturated rings. The quantitative estimate of drug-likeness (QED) is 0.388. The molecule has 0 aliphatic heterocycles. The van der Waals surface area contributed by atoms with Crippen LogP contribution in [0.15, 0.2) is 78.9 Å². The largest absolute Gasteiger partial charge is 0.493 e. The van der Waals surface area contributed by atoms with Gasteiger partial charge in [-0.2, -0.15) is 0 Å². The lowest BCUT2D eigenvalue weighted by atomic mass is 10.1. The van der Waals surface area contributed by atoms with Gasteiger partial charge in [0.1, 0.15) is 0 Å². The topological polar surface area (TPSA) is 91.8 Å². The Balaban J connectivity index is 1.43. The molecule has 1 heterocycles. The zero-order chi connectivity index (χ0) is 23.9. The van der Waals surface area contributed by atoms with Gasteiger partial charge in [0.05, 0.1) is 27.0 Å².